The van der Waals surface area contributed by atoms with Crippen molar-refractivity contribution in [1.82, 2.24) is 0 Å². The Kier molecular flexibility index (Phi) is 1.72. The van der Waals surface area contributed by atoms with Gasteiger partial charge < -0.3 is 9.53 Å². The van der Waals surface area contributed by atoms with Gasteiger partial charge in [0.15, 0.2) is 0 Å². The van der Waals surface area contributed by atoms with Crippen molar-refractivity contribution in [2.75, 3.05) is 0 Å². The summed E-state index contributed by atoms with van der Waals surface area (Å²) in [4.78, 5) is 10.7. The van der Waals surface area contributed by atoms with Gasteiger partial charge in [-0.3, -0.25) is 0 Å². The van der Waals surface area contributed by atoms with Crippen LogP contribution in [0.5, 0.6) is 0 Å². The first-order valence-electron chi connectivity index (χ1n) is 5.47. The maximum atomic E-state index is 10.7. The molecule has 3 rings (SSSR count). The number of hydrogen-bond acceptors (Lipinski definition) is 2. The number of fused-ring (bicyclic) bond motifs is 2. The number of carbonyl (C=O) groups is 1. The monoisotopic (exact) mass is 180 g/mol. The standard InChI is InChI=1S/C11H16O2/c12-6-7-1-2-8-4-10-11(13-10)5-9(8)3-7/h6-11H,1-5H2. The largest absolute Gasteiger partial charge is 0.370 e. The molecule has 0 amide bonds. The normalized spacial score (nSPS) is 53.4. The van der Waals surface area contributed by atoms with Crippen molar-refractivity contribution >= 4 is 6.29 Å². The predicted molar refractivity (Wildman–Crippen MR) is 48.3 cm³/mol. The van der Waals surface area contributed by atoms with Gasteiger partial charge in [-0.2, -0.15) is 0 Å². The average molecular weight is 180 g/mol. The molecule has 0 aromatic carbocycles. The fourth-order valence-electron chi connectivity index (χ4n) is 3.28. The second kappa shape index (κ2) is 2.81. The molecule has 2 aliphatic carbocycles. The number of hydrogen-bond donors (Lipinski definition) is 0. The van der Waals surface area contributed by atoms with E-state index in [4.69, 9.17) is 4.74 Å². The van der Waals surface area contributed by atoms with Crippen LogP contribution in [0.25, 0.3) is 0 Å². The van der Waals surface area contributed by atoms with Gasteiger partial charge in [-0.15, -0.1) is 0 Å². The highest BCUT2D eigenvalue weighted by atomic mass is 16.6. The van der Waals surface area contributed by atoms with E-state index in [9.17, 15) is 4.79 Å². The second-order valence-corrected chi connectivity index (χ2v) is 4.91. The van der Waals surface area contributed by atoms with Crippen LogP contribution < -0.4 is 0 Å². The van der Waals surface area contributed by atoms with Gasteiger partial charge in [0.25, 0.3) is 0 Å². The van der Waals surface area contributed by atoms with E-state index in [1.54, 1.807) is 0 Å². The van der Waals surface area contributed by atoms with Crippen molar-refractivity contribution in [3.8, 4) is 0 Å². The van der Waals surface area contributed by atoms with Gasteiger partial charge in [0.1, 0.15) is 6.29 Å². The van der Waals surface area contributed by atoms with E-state index in [1.807, 2.05) is 0 Å². The number of aldehydes is 1. The van der Waals surface area contributed by atoms with Crippen molar-refractivity contribution in [2.24, 2.45) is 17.8 Å². The number of carbonyl (C=O) groups excluding carboxylic acids is 1. The summed E-state index contributed by atoms with van der Waals surface area (Å²) in [5.74, 6) is 2.03. The van der Waals surface area contributed by atoms with Gasteiger partial charge in [-0.1, -0.05) is 0 Å². The minimum atomic E-state index is 0.358. The molecule has 72 valence electrons. The van der Waals surface area contributed by atoms with E-state index in [0.29, 0.717) is 18.1 Å². The highest BCUT2D eigenvalue weighted by Crippen LogP contribution is 2.49. The summed E-state index contributed by atoms with van der Waals surface area (Å²) < 4.78 is 5.55. The molecule has 1 aliphatic heterocycles. The van der Waals surface area contributed by atoms with Gasteiger partial charge in [-0.05, 0) is 43.9 Å². The Morgan fingerprint density at radius 3 is 2.54 bits per heavy atom. The van der Waals surface area contributed by atoms with Crippen LogP contribution in [0.4, 0.5) is 0 Å². The van der Waals surface area contributed by atoms with Crippen LogP contribution >= 0.6 is 0 Å². The van der Waals surface area contributed by atoms with Crippen molar-refractivity contribution in [2.45, 2.75) is 44.3 Å². The molecule has 2 nitrogen and oxygen atoms in total. The maximum Gasteiger partial charge on any atom is 0.123 e. The molecule has 5 unspecified atom stereocenters. The van der Waals surface area contributed by atoms with Crippen LogP contribution in [0.15, 0.2) is 0 Å². The fourth-order valence-corrected chi connectivity index (χ4v) is 3.28. The summed E-state index contributed by atoms with van der Waals surface area (Å²) in [6.45, 7) is 0. The third-order valence-electron chi connectivity index (χ3n) is 4.13. The first kappa shape index (κ1) is 7.98. The zero-order valence-corrected chi connectivity index (χ0v) is 7.82. The van der Waals surface area contributed by atoms with Crippen molar-refractivity contribution in [3.63, 3.8) is 0 Å². The lowest BCUT2D eigenvalue weighted by atomic mass is 9.68. The van der Waals surface area contributed by atoms with Crippen LogP contribution in [-0.2, 0) is 9.53 Å². The molecule has 0 aromatic rings. The molecule has 0 aromatic heterocycles. The molecule has 0 N–H and O–H groups in total. The second-order valence-electron chi connectivity index (χ2n) is 4.91. The third kappa shape index (κ3) is 1.32. The summed E-state index contributed by atoms with van der Waals surface area (Å²) in [7, 11) is 0. The van der Waals surface area contributed by atoms with Gasteiger partial charge in [0, 0.05) is 5.92 Å². The lowest BCUT2D eigenvalue weighted by Crippen LogP contribution is -2.31. The number of ether oxygens (including phenoxy) is 1. The lowest BCUT2D eigenvalue weighted by Gasteiger charge is -2.35. The zero-order valence-electron chi connectivity index (χ0n) is 7.82. The highest BCUT2D eigenvalue weighted by Gasteiger charge is 2.49. The van der Waals surface area contributed by atoms with Gasteiger partial charge in [-0.25, -0.2) is 0 Å². The molecule has 0 radical (unpaired) electrons. The quantitative estimate of drug-likeness (QED) is 0.454. The van der Waals surface area contributed by atoms with Crippen LogP contribution in [0, 0.1) is 17.8 Å². The Bertz CT molecular complexity index is 226. The molecule has 5 atom stereocenters. The summed E-state index contributed by atoms with van der Waals surface area (Å²) in [5, 5.41) is 0. The first-order valence-corrected chi connectivity index (χ1v) is 5.47. The summed E-state index contributed by atoms with van der Waals surface area (Å²) in [6.07, 6.45) is 8.39. The van der Waals surface area contributed by atoms with E-state index < -0.39 is 0 Å². The molecule has 0 bridgehead atoms. The van der Waals surface area contributed by atoms with E-state index in [-0.39, 0.29) is 0 Å². The minimum Gasteiger partial charge on any atom is -0.370 e. The summed E-state index contributed by atoms with van der Waals surface area (Å²) >= 11 is 0. The Morgan fingerprint density at radius 1 is 1.00 bits per heavy atom. The van der Waals surface area contributed by atoms with Crippen molar-refractivity contribution in [1.29, 1.82) is 0 Å². The van der Waals surface area contributed by atoms with E-state index in [2.05, 4.69) is 0 Å². The van der Waals surface area contributed by atoms with Crippen molar-refractivity contribution in [3.05, 3.63) is 0 Å². The molecule has 13 heavy (non-hydrogen) atoms. The third-order valence-corrected chi connectivity index (χ3v) is 4.13. The number of epoxide rings is 1. The Morgan fingerprint density at radius 2 is 1.77 bits per heavy atom. The Balaban J connectivity index is 1.68. The average Bonchev–Trinajstić information content (AvgIpc) is 2.91. The van der Waals surface area contributed by atoms with Crippen LogP contribution in [0.2, 0.25) is 0 Å². The van der Waals surface area contributed by atoms with Gasteiger partial charge in [0.2, 0.25) is 0 Å². The number of rotatable bonds is 1. The van der Waals surface area contributed by atoms with Crippen LogP contribution in [0.3, 0.4) is 0 Å². The minimum absolute atomic E-state index is 0.358. The molecule has 2 heteroatoms. The van der Waals surface area contributed by atoms with Gasteiger partial charge >= 0.3 is 0 Å². The van der Waals surface area contributed by atoms with Crippen LogP contribution in [0.1, 0.15) is 32.1 Å². The fraction of sp³-hybridized carbons (Fsp3) is 0.909. The van der Waals surface area contributed by atoms with E-state index in [1.165, 1.54) is 19.3 Å². The van der Waals surface area contributed by atoms with E-state index in [0.717, 1.165) is 31.0 Å². The molecular weight excluding hydrogens is 164 g/mol. The molecular formula is C11H16O2. The lowest BCUT2D eigenvalue weighted by molar-refractivity contribution is -0.112. The SMILES string of the molecule is O=CC1CCC2CC3OC3CC2C1. The topological polar surface area (TPSA) is 29.6 Å². The Hall–Kier alpha value is -0.370. The zero-order chi connectivity index (χ0) is 8.84. The highest BCUT2D eigenvalue weighted by molar-refractivity contribution is 5.53. The molecule has 1 saturated heterocycles. The Labute approximate surface area is 78.6 Å². The molecule has 3 aliphatic rings. The van der Waals surface area contributed by atoms with Crippen molar-refractivity contribution < 1.29 is 9.53 Å². The molecule has 2 saturated carbocycles. The molecule has 0 spiro atoms. The maximum absolute atomic E-state index is 10.7. The summed E-state index contributed by atoms with van der Waals surface area (Å²) in [5.41, 5.74) is 0. The smallest absolute Gasteiger partial charge is 0.123 e. The summed E-state index contributed by atoms with van der Waals surface area (Å²) in [6, 6.07) is 0. The first-order chi connectivity index (χ1) is 6.36. The van der Waals surface area contributed by atoms with Crippen LogP contribution in [-0.4, -0.2) is 18.5 Å². The van der Waals surface area contributed by atoms with Gasteiger partial charge in [0.05, 0.1) is 12.2 Å². The van der Waals surface area contributed by atoms with E-state index >= 15 is 0 Å². The molecule has 3 fully saturated rings. The molecule has 1 heterocycles. The predicted octanol–water partition coefficient (Wildman–Crippen LogP) is 1.78.